The fourth-order valence-corrected chi connectivity index (χ4v) is 4.99. The third kappa shape index (κ3) is 5.39. The highest BCUT2D eigenvalue weighted by Crippen LogP contribution is 2.51. The third-order valence-corrected chi connectivity index (χ3v) is 7.40. The van der Waals surface area contributed by atoms with E-state index in [1.54, 1.807) is 0 Å². The van der Waals surface area contributed by atoms with Gasteiger partial charge >= 0.3 is 0 Å². The van der Waals surface area contributed by atoms with E-state index >= 15 is 0 Å². The Morgan fingerprint density at radius 3 is 2.43 bits per heavy atom. The SMILES string of the molecule is Cc1ccc(CC(=O)C2(c3ccc4c(c3)OCO4)CC2)cc1-c1ccc(C(=O)NCCCN(C)C)cc1. The summed E-state index contributed by atoms with van der Waals surface area (Å²) in [5, 5.41) is 2.98. The minimum Gasteiger partial charge on any atom is -0.454 e. The predicted molar refractivity (Wildman–Crippen MR) is 144 cm³/mol. The van der Waals surface area contributed by atoms with Gasteiger partial charge in [-0.05, 0) is 98.9 Å². The molecule has 0 bridgehead atoms. The molecular formula is C31H34N2O4. The topological polar surface area (TPSA) is 67.9 Å². The van der Waals surface area contributed by atoms with Gasteiger partial charge in [-0.3, -0.25) is 9.59 Å². The molecule has 1 aliphatic carbocycles. The summed E-state index contributed by atoms with van der Waals surface area (Å²) in [6, 6.07) is 19.8. The number of nitrogens with zero attached hydrogens (tertiary/aromatic N) is 1. The highest BCUT2D eigenvalue weighted by molar-refractivity contribution is 5.95. The van der Waals surface area contributed by atoms with E-state index in [2.05, 4.69) is 29.3 Å². The molecule has 1 N–H and O–H groups in total. The molecule has 0 spiro atoms. The zero-order valence-corrected chi connectivity index (χ0v) is 21.8. The second-order valence-electron chi connectivity index (χ2n) is 10.4. The molecule has 5 rings (SSSR count). The second kappa shape index (κ2) is 10.4. The first-order valence-corrected chi connectivity index (χ1v) is 12.9. The number of nitrogens with one attached hydrogen (secondary N) is 1. The zero-order chi connectivity index (χ0) is 26.0. The van der Waals surface area contributed by atoms with Gasteiger partial charge in [0.2, 0.25) is 6.79 Å². The van der Waals surface area contributed by atoms with E-state index < -0.39 is 5.41 Å². The summed E-state index contributed by atoms with van der Waals surface area (Å²) >= 11 is 0. The van der Waals surface area contributed by atoms with Crippen LogP contribution < -0.4 is 14.8 Å². The van der Waals surface area contributed by atoms with Crippen LogP contribution in [0.2, 0.25) is 0 Å². The summed E-state index contributed by atoms with van der Waals surface area (Å²) in [6.07, 6.45) is 3.03. The average Bonchev–Trinajstić information content (AvgIpc) is 3.58. The summed E-state index contributed by atoms with van der Waals surface area (Å²) in [5.74, 6) is 1.64. The highest BCUT2D eigenvalue weighted by Gasteiger charge is 2.50. The molecule has 0 aromatic heterocycles. The number of aryl methyl sites for hydroxylation is 1. The maximum Gasteiger partial charge on any atom is 0.251 e. The average molecular weight is 499 g/mol. The van der Waals surface area contributed by atoms with Gasteiger partial charge in [-0.2, -0.15) is 0 Å². The maximum atomic E-state index is 13.5. The van der Waals surface area contributed by atoms with Crippen LogP contribution in [-0.2, 0) is 16.6 Å². The van der Waals surface area contributed by atoms with Crippen LogP contribution in [0.5, 0.6) is 11.5 Å². The molecule has 1 heterocycles. The van der Waals surface area contributed by atoms with E-state index in [4.69, 9.17) is 9.47 Å². The Balaban J connectivity index is 1.27. The van der Waals surface area contributed by atoms with Gasteiger partial charge in [0, 0.05) is 18.5 Å². The normalized spacial score (nSPS) is 15.0. The Labute approximate surface area is 218 Å². The Hall–Kier alpha value is -3.64. The molecule has 0 unspecified atom stereocenters. The van der Waals surface area contributed by atoms with Crippen molar-refractivity contribution in [2.24, 2.45) is 0 Å². The first-order valence-electron chi connectivity index (χ1n) is 12.9. The van der Waals surface area contributed by atoms with Crippen molar-refractivity contribution in [2.75, 3.05) is 34.0 Å². The van der Waals surface area contributed by atoms with E-state index in [0.29, 0.717) is 18.5 Å². The number of carbonyl (C=O) groups excluding carboxylic acids is 2. The number of rotatable bonds is 10. The van der Waals surface area contributed by atoms with Gasteiger partial charge in [0.15, 0.2) is 11.5 Å². The molecule has 192 valence electrons. The third-order valence-electron chi connectivity index (χ3n) is 7.40. The number of ether oxygens (including phenoxy) is 2. The van der Waals surface area contributed by atoms with E-state index in [1.165, 1.54) is 0 Å². The van der Waals surface area contributed by atoms with E-state index in [1.807, 2.05) is 62.6 Å². The van der Waals surface area contributed by atoms with Crippen molar-refractivity contribution in [1.29, 1.82) is 0 Å². The fourth-order valence-electron chi connectivity index (χ4n) is 4.99. The number of benzene rings is 3. The molecule has 3 aromatic carbocycles. The number of ketones is 1. The van der Waals surface area contributed by atoms with Crippen LogP contribution in [0.25, 0.3) is 11.1 Å². The highest BCUT2D eigenvalue weighted by atomic mass is 16.7. The lowest BCUT2D eigenvalue weighted by Crippen LogP contribution is -2.27. The number of hydrogen-bond acceptors (Lipinski definition) is 5. The largest absolute Gasteiger partial charge is 0.454 e. The lowest BCUT2D eigenvalue weighted by atomic mass is 9.87. The van der Waals surface area contributed by atoms with Crippen LogP contribution in [0.1, 0.15) is 46.3 Å². The predicted octanol–water partition coefficient (Wildman–Crippen LogP) is 4.92. The lowest BCUT2D eigenvalue weighted by molar-refractivity contribution is -0.120. The van der Waals surface area contributed by atoms with Gasteiger partial charge < -0.3 is 19.7 Å². The molecule has 1 saturated carbocycles. The van der Waals surface area contributed by atoms with Crippen LogP contribution in [0, 0.1) is 6.92 Å². The molecule has 1 aliphatic heterocycles. The molecule has 1 amide bonds. The first-order chi connectivity index (χ1) is 17.9. The molecule has 1 fully saturated rings. The minimum atomic E-state index is -0.423. The Kier molecular flexibility index (Phi) is 7.02. The standard InChI is InChI=1S/C31H34N2O4/c1-21-5-6-22(18-29(34)31(13-14-31)25-11-12-27-28(19-25)37-20-36-27)17-26(21)23-7-9-24(10-8-23)30(35)32-15-4-16-33(2)3/h5-12,17,19H,4,13-16,18,20H2,1-3H3,(H,32,35). The number of amides is 1. The molecule has 37 heavy (non-hydrogen) atoms. The fraction of sp³-hybridized carbons (Fsp3) is 0.355. The number of fused-ring (bicyclic) bond motifs is 1. The van der Waals surface area contributed by atoms with E-state index in [0.717, 1.165) is 65.1 Å². The van der Waals surface area contributed by atoms with Gasteiger partial charge in [-0.1, -0.05) is 36.4 Å². The van der Waals surface area contributed by atoms with Crippen molar-refractivity contribution in [1.82, 2.24) is 10.2 Å². The Bertz CT molecular complexity index is 1310. The molecular weight excluding hydrogens is 464 g/mol. The van der Waals surface area contributed by atoms with Gasteiger partial charge in [0.1, 0.15) is 5.78 Å². The molecule has 6 nitrogen and oxygen atoms in total. The molecule has 6 heteroatoms. The van der Waals surface area contributed by atoms with Crippen LogP contribution in [-0.4, -0.2) is 50.6 Å². The van der Waals surface area contributed by atoms with E-state index in [9.17, 15) is 9.59 Å². The molecule has 3 aromatic rings. The monoisotopic (exact) mass is 498 g/mol. The summed E-state index contributed by atoms with van der Waals surface area (Å²) in [7, 11) is 4.05. The van der Waals surface area contributed by atoms with Crippen molar-refractivity contribution in [3.8, 4) is 22.6 Å². The first kappa shape index (κ1) is 25.0. The van der Waals surface area contributed by atoms with Gasteiger partial charge in [0.25, 0.3) is 5.91 Å². The summed E-state index contributed by atoms with van der Waals surface area (Å²) in [6.45, 7) is 3.90. The number of hydrogen-bond donors (Lipinski definition) is 1. The second-order valence-corrected chi connectivity index (χ2v) is 10.4. The summed E-state index contributed by atoms with van der Waals surface area (Å²) < 4.78 is 11.0. The molecule has 0 saturated heterocycles. The van der Waals surface area contributed by atoms with E-state index in [-0.39, 0.29) is 18.5 Å². The van der Waals surface area contributed by atoms with Crippen molar-refractivity contribution >= 4 is 11.7 Å². The quantitative estimate of drug-likeness (QED) is 0.402. The molecule has 2 aliphatic rings. The van der Waals surface area contributed by atoms with Crippen LogP contribution >= 0.6 is 0 Å². The van der Waals surface area contributed by atoms with Crippen LogP contribution in [0.15, 0.2) is 60.7 Å². The molecule has 0 radical (unpaired) electrons. The zero-order valence-electron chi connectivity index (χ0n) is 21.8. The van der Waals surface area contributed by atoms with Crippen molar-refractivity contribution < 1.29 is 19.1 Å². The van der Waals surface area contributed by atoms with Crippen LogP contribution in [0.4, 0.5) is 0 Å². The number of carbonyl (C=O) groups is 2. The van der Waals surface area contributed by atoms with Crippen LogP contribution in [0.3, 0.4) is 0 Å². The smallest absolute Gasteiger partial charge is 0.251 e. The summed E-state index contributed by atoms with van der Waals surface area (Å²) in [5.41, 5.74) is 5.49. The maximum absolute atomic E-state index is 13.5. The molecule has 0 atom stereocenters. The van der Waals surface area contributed by atoms with Crippen molar-refractivity contribution in [2.45, 2.75) is 38.0 Å². The summed E-state index contributed by atoms with van der Waals surface area (Å²) in [4.78, 5) is 28.1. The van der Waals surface area contributed by atoms with Gasteiger partial charge in [-0.25, -0.2) is 0 Å². The van der Waals surface area contributed by atoms with Crippen molar-refractivity contribution in [3.05, 3.63) is 82.9 Å². The Morgan fingerprint density at radius 1 is 0.946 bits per heavy atom. The number of Topliss-reactive ketones (excluding diaryl/α,β-unsaturated/α-hetero) is 1. The lowest BCUT2D eigenvalue weighted by Gasteiger charge is -2.16. The Morgan fingerprint density at radius 2 is 1.70 bits per heavy atom. The minimum absolute atomic E-state index is 0.0559. The van der Waals surface area contributed by atoms with Gasteiger partial charge in [-0.15, -0.1) is 0 Å². The van der Waals surface area contributed by atoms with Crippen molar-refractivity contribution in [3.63, 3.8) is 0 Å². The van der Waals surface area contributed by atoms with Gasteiger partial charge in [0.05, 0.1) is 5.41 Å².